The second-order valence-electron chi connectivity index (χ2n) is 6.88. The standard InChI is InChI=1S/C21H21FN4O2/c1-25-10-12-26(13-11-25)18-8-6-17(7-9-18)23-21(27)19-14-28-24-20(19)15-2-4-16(22)5-3-15/h2-9,14H,10-13H2,1H3,(H,23,27). The summed E-state index contributed by atoms with van der Waals surface area (Å²) in [7, 11) is 2.13. The maximum absolute atomic E-state index is 13.1. The van der Waals surface area contributed by atoms with Crippen LogP contribution < -0.4 is 10.2 Å². The Bertz CT molecular complexity index is 945. The third-order valence-corrected chi connectivity index (χ3v) is 4.93. The van der Waals surface area contributed by atoms with Gasteiger partial charge in [-0.15, -0.1) is 0 Å². The SMILES string of the molecule is CN1CCN(c2ccc(NC(=O)c3conc3-c3ccc(F)cc3)cc2)CC1. The van der Waals surface area contributed by atoms with Crippen LogP contribution in [0.3, 0.4) is 0 Å². The molecule has 1 aliphatic heterocycles. The number of halogens is 1. The monoisotopic (exact) mass is 380 g/mol. The normalized spacial score (nSPS) is 14.9. The van der Waals surface area contributed by atoms with Gasteiger partial charge in [-0.2, -0.15) is 0 Å². The summed E-state index contributed by atoms with van der Waals surface area (Å²) in [6.07, 6.45) is 1.30. The third kappa shape index (κ3) is 3.89. The van der Waals surface area contributed by atoms with Crippen molar-refractivity contribution in [1.82, 2.24) is 10.1 Å². The van der Waals surface area contributed by atoms with E-state index in [0.29, 0.717) is 22.5 Å². The predicted molar refractivity (Wildman–Crippen MR) is 106 cm³/mol. The smallest absolute Gasteiger partial charge is 0.261 e. The first kappa shape index (κ1) is 18.2. The fraction of sp³-hybridized carbons (Fsp3) is 0.238. The number of rotatable bonds is 4. The molecule has 28 heavy (non-hydrogen) atoms. The van der Waals surface area contributed by atoms with E-state index in [0.717, 1.165) is 31.9 Å². The number of nitrogens with zero attached hydrogens (tertiary/aromatic N) is 3. The molecule has 0 spiro atoms. The van der Waals surface area contributed by atoms with Crippen LogP contribution in [0.25, 0.3) is 11.3 Å². The van der Waals surface area contributed by atoms with E-state index in [1.165, 1.54) is 18.4 Å². The van der Waals surface area contributed by atoms with E-state index in [1.807, 2.05) is 24.3 Å². The fourth-order valence-corrected chi connectivity index (χ4v) is 3.23. The lowest BCUT2D eigenvalue weighted by molar-refractivity contribution is 0.102. The van der Waals surface area contributed by atoms with E-state index in [9.17, 15) is 9.18 Å². The van der Waals surface area contributed by atoms with Gasteiger partial charge in [0.05, 0.1) is 0 Å². The molecule has 1 N–H and O–H groups in total. The van der Waals surface area contributed by atoms with Crippen molar-refractivity contribution in [2.75, 3.05) is 43.4 Å². The zero-order valence-corrected chi connectivity index (χ0v) is 15.6. The topological polar surface area (TPSA) is 61.6 Å². The van der Waals surface area contributed by atoms with Gasteiger partial charge in [-0.05, 0) is 55.6 Å². The van der Waals surface area contributed by atoms with Crippen molar-refractivity contribution in [3.63, 3.8) is 0 Å². The summed E-state index contributed by atoms with van der Waals surface area (Å²) in [4.78, 5) is 17.3. The lowest BCUT2D eigenvalue weighted by atomic mass is 10.1. The van der Waals surface area contributed by atoms with E-state index in [2.05, 4.69) is 27.3 Å². The average Bonchev–Trinajstić information content (AvgIpc) is 3.20. The van der Waals surface area contributed by atoms with Crippen LogP contribution >= 0.6 is 0 Å². The zero-order chi connectivity index (χ0) is 19.5. The molecule has 0 saturated carbocycles. The molecule has 0 unspecified atom stereocenters. The highest BCUT2D eigenvalue weighted by molar-refractivity contribution is 6.07. The Kier molecular flexibility index (Phi) is 5.08. The lowest BCUT2D eigenvalue weighted by Gasteiger charge is -2.34. The Balaban J connectivity index is 1.46. The van der Waals surface area contributed by atoms with Crippen molar-refractivity contribution in [1.29, 1.82) is 0 Å². The predicted octanol–water partition coefficient (Wildman–Crippen LogP) is 3.48. The summed E-state index contributed by atoms with van der Waals surface area (Å²) in [5, 5.41) is 6.75. The van der Waals surface area contributed by atoms with Crippen molar-refractivity contribution in [3.05, 3.63) is 66.2 Å². The average molecular weight is 380 g/mol. The number of amides is 1. The molecule has 2 heterocycles. The van der Waals surface area contributed by atoms with Crippen molar-refractivity contribution in [3.8, 4) is 11.3 Å². The molecule has 4 rings (SSSR count). The summed E-state index contributed by atoms with van der Waals surface area (Å²) in [6.45, 7) is 4.06. The molecule has 7 heteroatoms. The molecule has 1 fully saturated rings. The first-order chi connectivity index (χ1) is 13.6. The van der Waals surface area contributed by atoms with Crippen molar-refractivity contribution in [2.24, 2.45) is 0 Å². The van der Waals surface area contributed by atoms with Crippen LogP contribution in [0.5, 0.6) is 0 Å². The first-order valence-electron chi connectivity index (χ1n) is 9.15. The molecule has 0 radical (unpaired) electrons. The van der Waals surface area contributed by atoms with Gasteiger partial charge in [-0.1, -0.05) is 5.16 Å². The van der Waals surface area contributed by atoms with Gasteiger partial charge < -0.3 is 19.6 Å². The molecule has 3 aromatic rings. The number of benzene rings is 2. The van der Waals surface area contributed by atoms with Crippen molar-refractivity contribution in [2.45, 2.75) is 0 Å². The Morgan fingerprint density at radius 1 is 1.04 bits per heavy atom. The molecule has 0 aliphatic carbocycles. The highest BCUT2D eigenvalue weighted by Gasteiger charge is 2.18. The molecule has 1 saturated heterocycles. The fourth-order valence-electron chi connectivity index (χ4n) is 3.23. The van der Waals surface area contributed by atoms with Crippen LogP contribution in [0.4, 0.5) is 15.8 Å². The molecule has 1 amide bonds. The largest absolute Gasteiger partial charge is 0.369 e. The number of nitrogens with one attached hydrogen (secondary N) is 1. The summed E-state index contributed by atoms with van der Waals surface area (Å²) < 4.78 is 18.1. The number of likely N-dealkylation sites (N-methyl/N-ethyl adjacent to an activating group) is 1. The summed E-state index contributed by atoms with van der Waals surface area (Å²) in [6, 6.07) is 13.6. The van der Waals surface area contributed by atoms with Gasteiger partial charge in [-0.25, -0.2) is 4.39 Å². The van der Waals surface area contributed by atoms with Crippen LogP contribution in [-0.2, 0) is 0 Å². The highest BCUT2D eigenvalue weighted by Crippen LogP contribution is 2.24. The maximum atomic E-state index is 13.1. The molecular formula is C21H21FN4O2. The number of carbonyl (C=O) groups is 1. The van der Waals surface area contributed by atoms with Gasteiger partial charge in [-0.3, -0.25) is 4.79 Å². The number of aromatic nitrogens is 1. The quantitative estimate of drug-likeness (QED) is 0.751. The highest BCUT2D eigenvalue weighted by atomic mass is 19.1. The van der Waals surface area contributed by atoms with Crippen LogP contribution in [0.15, 0.2) is 59.3 Å². The molecule has 1 aromatic heterocycles. The van der Waals surface area contributed by atoms with Crippen molar-refractivity contribution >= 4 is 17.3 Å². The minimum atomic E-state index is -0.348. The van der Waals surface area contributed by atoms with Crippen LogP contribution in [-0.4, -0.2) is 49.2 Å². The first-order valence-corrected chi connectivity index (χ1v) is 9.15. The Labute approximate surface area is 162 Å². The van der Waals surface area contributed by atoms with Crippen molar-refractivity contribution < 1.29 is 13.7 Å². The second-order valence-corrected chi connectivity index (χ2v) is 6.88. The summed E-state index contributed by atoms with van der Waals surface area (Å²) in [5.74, 6) is -0.674. The Hall–Kier alpha value is -3.19. The summed E-state index contributed by atoms with van der Waals surface area (Å²) in [5.41, 5.74) is 3.13. The summed E-state index contributed by atoms with van der Waals surface area (Å²) >= 11 is 0. The Morgan fingerprint density at radius 2 is 1.71 bits per heavy atom. The molecule has 144 valence electrons. The number of carbonyl (C=O) groups excluding carboxylic acids is 1. The third-order valence-electron chi connectivity index (χ3n) is 4.93. The number of hydrogen-bond donors (Lipinski definition) is 1. The minimum absolute atomic E-state index is 0.301. The maximum Gasteiger partial charge on any atom is 0.261 e. The lowest BCUT2D eigenvalue weighted by Crippen LogP contribution is -2.44. The van der Waals surface area contributed by atoms with Gasteiger partial charge in [0.15, 0.2) is 0 Å². The van der Waals surface area contributed by atoms with E-state index < -0.39 is 0 Å². The molecule has 0 atom stereocenters. The molecule has 6 nitrogen and oxygen atoms in total. The van der Waals surface area contributed by atoms with Gasteiger partial charge in [0.2, 0.25) is 0 Å². The van der Waals surface area contributed by atoms with Gasteiger partial charge in [0, 0.05) is 43.1 Å². The van der Waals surface area contributed by atoms with Gasteiger partial charge in [0.1, 0.15) is 23.3 Å². The number of piperazine rings is 1. The van der Waals surface area contributed by atoms with E-state index in [1.54, 1.807) is 12.1 Å². The molecule has 0 bridgehead atoms. The zero-order valence-electron chi connectivity index (χ0n) is 15.6. The van der Waals surface area contributed by atoms with Crippen LogP contribution in [0, 0.1) is 5.82 Å². The molecular weight excluding hydrogens is 359 g/mol. The molecule has 2 aromatic carbocycles. The second kappa shape index (κ2) is 7.82. The number of anilines is 2. The van der Waals surface area contributed by atoms with Crippen LogP contribution in [0.1, 0.15) is 10.4 Å². The van der Waals surface area contributed by atoms with Gasteiger partial charge in [0.25, 0.3) is 5.91 Å². The van der Waals surface area contributed by atoms with Crippen LogP contribution in [0.2, 0.25) is 0 Å². The Morgan fingerprint density at radius 3 is 2.39 bits per heavy atom. The van der Waals surface area contributed by atoms with Gasteiger partial charge >= 0.3 is 0 Å². The minimum Gasteiger partial charge on any atom is -0.369 e. The van der Waals surface area contributed by atoms with E-state index >= 15 is 0 Å². The van der Waals surface area contributed by atoms with E-state index in [-0.39, 0.29) is 11.7 Å². The molecule has 1 aliphatic rings. The number of hydrogen-bond acceptors (Lipinski definition) is 5. The van der Waals surface area contributed by atoms with E-state index in [4.69, 9.17) is 4.52 Å².